The van der Waals surface area contributed by atoms with Gasteiger partial charge in [-0.15, -0.1) is 6.58 Å². The molecule has 0 aliphatic carbocycles. The topological polar surface area (TPSA) is 79.0 Å². The fourth-order valence-electron chi connectivity index (χ4n) is 2.78. The third-order valence-corrected chi connectivity index (χ3v) is 5.31. The largest absolute Gasteiger partial charge is 0.298 e. The SMILES string of the molecule is C=CCn1c(SCC(=O)N(CC#N)c2ccccc2)nc2cc(Cl)ccc2c1=O. The zero-order chi connectivity index (χ0) is 20.8. The highest BCUT2D eigenvalue weighted by atomic mass is 35.5. The molecule has 0 unspecified atom stereocenters. The van der Waals surface area contributed by atoms with E-state index in [4.69, 9.17) is 16.9 Å². The van der Waals surface area contributed by atoms with Crippen LogP contribution in [0.4, 0.5) is 5.69 Å². The number of aromatic nitrogens is 2. The lowest BCUT2D eigenvalue weighted by molar-refractivity contribution is -0.116. The number of benzene rings is 2. The van der Waals surface area contributed by atoms with Crippen molar-refractivity contribution >= 4 is 45.9 Å². The van der Waals surface area contributed by atoms with Crippen molar-refractivity contribution in [2.24, 2.45) is 0 Å². The summed E-state index contributed by atoms with van der Waals surface area (Å²) in [5.41, 5.74) is 0.884. The molecule has 0 fully saturated rings. The monoisotopic (exact) mass is 424 g/mol. The van der Waals surface area contributed by atoms with Crippen LogP contribution in [0.3, 0.4) is 0 Å². The first-order valence-electron chi connectivity index (χ1n) is 8.71. The minimum absolute atomic E-state index is 0.0201. The third-order valence-electron chi connectivity index (χ3n) is 4.12. The number of hydrogen-bond acceptors (Lipinski definition) is 5. The van der Waals surface area contributed by atoms with E-state index in [2.05, 4.69) is 11.6 Å². The number of anilines is 1. The quantitative estimate of drug-likeness (QED) is 0.249. The van der Waals surface area contributed by atoms with Crippen molar-refractivity contribution in [3.63, 3.8) is 0 Å². The Balaban J connectivity index is 1.91. The van der Waals surface area contributed by atoms with E-state index < -0.39 is 0 Å². The summed E-state index contributed by atoms with van der Waals surface area (Å²) in [6.45, 7) is 3.89. The summed E-state index contributed by atoms with van der Waals surface area (Å²) >= 11 is 7.17. The molecule has 0 atom stereocenters. The molecule has 1 aromatic heterocycles. The normalized spacial score (nSPS) is 10.5. The number of amides is 1. The summed E-state index contributed by atoms with van der Waals surface area (Å²) in [4.78, 5) is 31.5. The molecule has 0 aliphatic heterocycles. The summed E-state index contributed by atoms with van der Waals surface area (Å²) in [6.07, 6.45) is 1.60. The lowest BCUT2D eigenvalue weighted by Gasteiger charge is -2.19. The Morgan fingerprint density at radius 3 is 2.76 bits per heavy atom. The molecule has 0 N–H and O–H groups in total. The van der Waals surface area contributed by atoms with Crippen LogP contribution in [0.25, 0.3) is 10.9 Å². The molecule has 146 valence electrons. The third kappa shape index (κ3) is 4.67. The number of hydrogen-bond donors (Lipinski definition) is 0. The average Bonchev–Trinajstić information content (AvgIpc) is 2.73. The van der Waals surface area contributed by atoms with E-state index >= 15 is 0 Å². The van der Waals surface area contributed by atoms with Gasteiger partial charge in [0.2, 0.25) is 5.91 Å². The molecule has 2 aromatic carbocycles. The van der Waals surface area contributed by atoms with Gasteiger partial charge in [-0.1, -0.05) is 47.6 Å². The number of thioether (sulfide) groups is 1. The number of para-hydroxylation sites is 1. The highest BCUT2D eigenvalue weighted by molar-refractivity contribution is 7.99. The minimum atomic E-state index is -0.256. The lowest BCUT2D eigenvalue weighted by atomic mass is 10.2. The Morgan fingerprint density at radius 1 is 1.31 bits per heavy atom. The maximum absolute atomic E-state index is 12.8. The number of carbonyl (C=O) groups excluding carboxylic acids is 1. The molecule has 3 rings (SSSR count). The standard InChI is InChI=1S/C21H17ClN4O2S/c1-2-11-26-20(28)17-9-8-15(22)13-18(17)24-21(26)29-14-19(27)25(12-10-23)16-6-4-3-5-7-16/h2-9,13H,1,11-12,14H2. The van der Waals surface area contributed by atoms with Crippen LogP contribution in [-0.4, -0.2) is 27.8 Å². The molecule has 6 nitrogen and oxygen atoms in total. The maximum atomic E-state index is 12.8. The molecule has 3 aromatic rings. The highest BCUT2D eigenvalue weighted by Crippen LogP contribution is 2.22. The molecule has 0 saturated heterocycles. The fraction of sp³-hybridized carbons (Fsp3) is 0.143. The van der Waals surface area contributed by atoms with Gasteiger partial charge in [-0.05, 0) is 30.3 Å². The second kappa shape index (κ2) is 9.41. The van der Waals surface area contributed by atoms with E-state index in [1.807, 2.05) is 12.1 Å². The molecule has 0 radical (unpaired) electrons. The average molecular weight is 425 g/mol. The smallest absolute Gasteiger partial charge is 0.262 e. The van der Waals surface area contributed by atoms with Crippen LogP contribution in [-0.2, 0) is 11.3 Å². The van der Waals surface area contributed by atoms with Gasteiger partial charge in [0.15, 0.2) is 5.16 Å². The van der Waals surface area contributed by atoms with Crippen molar-refractivity contribution in [2.75, 3.05) is 17.2 Å². The Bertz CT molecular complexity index is 1160. The van der Waals surface area contributed by atoms with Crippen molar-refractivity contribution in [2.45, 2.75) is 11.7 Å². The molecular weight excluding hydrogens is 408 g/mol. The van der Waals surface area contributed by atoms with Crippen LogP contribution in [0.1, 0.15) is 0 Å². The summed E-state index contributed by atoms with van der Waals surface area (Å²) in [7, 11) is 0. The van der Waals surface area contributed by atoms with Gasteiger partial charge < -0.3 is 0 Å². The molecule has 0 aliphatic rings. The van der Waals surface area contributed by atoms with Crippen LogP contribution in [0, 0.1) is 11.3 Å². The lowest BCUT2D eigenvalue weighted by Crippen LogP contribution is -2.33. The minimum Gasteiger partial charge on any atom is -0.298 e. The number of rotatable bonds is 7. The van der Waals surface area contributed by atoms with E-state index in [-0.39, 0.29) is 30.3 Å². The molecule has 0 bridgehead atoms. The van der Waals surface area contributed by atoms with Crippen molar-refractivity contribution in [3.05, 3.63) is 76.6 Å². The van der Waals surface area contributed by atoms with Crippen LogP contribution in [0.5, 0.6) is 0 Å². The molecule has 0 saturated carbocycles. The number of carbonyl (C=O) groups is 1. The van der Waals surface area contributed by atoms with E-state index in [1.165, 1.54) is 9.47 Å². The first-order valence-corrected chi connectivity index (χ1v) is 10.1. The zero-order valence-electron chi connectivity index (χ0n) is 15.4. The van der Waals surface area contributed by atoms with Crippen LogP contribution < -0.4 is 10.5 Å². The Hall–Kier alpha value is -3.08. The van der Waals surface area contributed by atoms with Crippen molar-refractivity contribution in [1.82, 2.24) is 9.55 Å². The van der Waals surface area contributed by atoms with E-state index in [9.17, 15) is 9.59 Å². The van der Waals surface area contributed by atoms with Crippen molar-refractivity contribution in [3.8, 4) is 6.07 Å². The molecular formula is C21H17ClN4O2S. The first kappa shape index (κ1) is 20.6. The molecule has 8 heteroatoms. The molecule has 29 heavy (non-hydrogen) atoms. The Kier molecular flexibility index (Phi) is 6.70. The number of fused-ring (bicyclic) bond motifs is 1. The summed E-state index contributed by atoms with van der Waals surface area (Å²) in [5, 5.41) is 10.4. The van der Waals surface area contributed by atoms with E-state index in [0.717, 1.165) is 11.8 Å². The second-order valence-corrected chi connectivity index (χ2v) is 7.40. The van der Waals surface area contributed by atoms with E-state index in [1.54, 1.807) is 48.5 Å². The fourth-order valence-corrected chi connectivity index (χ4v) is 3.83. The van der Waals surface area contributed by atoms with Gasteiger partial charge in [-0.25, -0.2) is 4.98 Å². The second-order valence-electron chi connectivity index (χ2n) is 6.02. The Morgan fingerprint density at radius 2 is 2.07 bits per heavy atom. The van der Waals surface area contributed by atoms with Gasteiger partial charge >= 0.3 is 0 Å². The molecule has 0 spiro atoms. The number of nitrogens with zero attached hydrogens (tertiary/aromatic N) is 4. The van der Waals surface area contributed by atoms with Crippen molar-refractivity contribution < 1.29 is 4.79 Å². The number of allylic oxidation sites excluding steroid dienone is 1. The zero-order valence-corrected chi connectivity index (χ0v) is 17.0. The number of nitriles is 1. The molecule has 1 heterocycles. The molecule has 1 amide bonds. The van der Waals surface area contributed by atoms with Gasteiger partial charge in [-0.2, -0.15) is 5.26 Å². The predicted octanol–water partition coefficient (Wildman–Crippen LogP) is 3.88. The van der Waals surface area contributed by atoms with Crippen LogP contribution >= 0.6 is 23.4 Å². The van der Waals surface area contributed by atoms with Gasteiger partial charge in [0.05, 0.1) is 22.7 Å². The Labute approximate surface area is 177 Å². The summed E-state index contributed by atoms with van der Waals surface area (Å²) in [5.74, 6) is -0.236. The summed E-state index contributed by atoms with van der Waals surface area (Å²) in [6, 6.07) is 15.9. The van der Waals surface area contributed by atoms with Gasteiger partial charge in [-0.3, -0.25) is 19.1 Å². The predicted molar refractivity (Wildman–Crippen MR) is 116 cm³/mol. The van der Waals surface area contributed by atoms with E-state index in [0.29, 0.717) is 26.8 Å². The first-order chi connectivity index (χ1) is 14.0. The van der Waals surface area contributed by atoms with Gasteiger partial charge in [0.25, 0.3) is 5.56 Å². The summed E-state index contributed by atoms with van der Waals surface area (Å²) < 4.78 is 1.47. The van der Waals surface area contributed by atoms with Crippen LogP contribution in [0.2, 0.25) is 5.02 Å². The van der Waals surface area contributed by atoms with Gasteiger partial charge in [0.1, 0.15) is 6.54 Å². The highest BCUT2D eigenvalue weighted by Gasteiger charge is 2.18. The van der Waals surface area contributed by atoms with Crippen molar-refractivity contribution in [1.29, 1.82) is 5.26 Å². The van der Waals surface area contributed by atoms with Crippen LogP contribution in [0.15, 0.2) is 71.1 Å². The van der Waals surface area contributed by atoms with Gasteiger partial charge in [0, 0.05) is 17.3 Å². The maximum Gasteiger partial charge on any atom is 0.262 e. The number of halogens is 1.